The number of nitrogens with one attached hydrogen (secondary N) is 2. The van der Waals surface area contributed by atoms with E-state index in [-0.39, 0.29) is 11.4 Å². The fourth-order valence-electron chi connectivity index (χ4n) is 1.22. The lowest BCUT2D eigenvalue weighted by Gasteiger charge is -2.07. The van der Waals surface area contributed by atoms with Gasteiger partial charge in [0.25, 0.3) is 10.0 Å². The number of amides is 1. The Kier molecular flexibility index (Phi) is 5.11. The Morgan fingerprint density at radius 2 is 1.88 bits per heavy atom. The number of rotatable bonds is 6. The minimum absolute atomic E-state index is 0.0000957. The molecule has 5 nitrogen and oxygen atoms in total. The number of hydrogen-bond donors (Lipinski definition) is 2. The number of carbonyl (C=O) groups excluding carboxylic acids is 1. The highest BCUT2D eigenvalue weighted by atomic mass is 32.2. The summed E-state index contributed by atoms with van der Waals surface area (Å²) in [6.45, 7) is 2.64. The summed E-state index contributed by atoms with van der Waals surface area (Å²) in [5.41, 5.74) is 0. The summed E-state index contributed by atoms with van der Waals surface area (Å²) < 4.78 is 25.4. The van der Waals surface area contributed by atoms with Crippen LogP contribution in [-0.4, -0.2) is 27.4 Å². The van der Waals surface area contributed by atoms with Crippen molar-refractivity contribution in [2.45, 2.75) is 18.2 Å². The van der Waals surface area contributed by atoms with E-state index >= 15 is 0 Å². The predicted molar refractivity (Wildman–Crippen MR) is 64.9 cm³/mol. The Bertz CT molecular complexity index is 457. The molecule has 0 radical (unpaired) electrons. The van der Waals surface area contributed by atoms with Crippen molar-refractivity contribution in [2.24, 2.45) is 0 Å². The van der Waals surface area contributed by atoms with Gasteiger partial charge >= 0.3 is 0 Å². The second kappa shape index (κ2) is 6.36. The van der Waals surface area contributed by atoms with Crippen LogP contribution in [-0.2, 0) is 14.8 Å². The fraction of sp³-hybridized carbons (Fsp3) is 0.364. The second-order valence-corrected chi connectivity index (χ2v) is 5.20. The Balaban J connectivity index is 2.59. The maximum Gasteiger partial charge on any atom is 0.264 e. The van der Waals surface area contributed by atoms with Gasteiger partial charge in [-0.2, -0.15) is 0 Å². The summed E-state index contributed by atoms with van der Waals surface area (Å²) >= 11 is 0. The zero-order chi connectivity index (χ0) is 12.7. The van der Waals surface area contributed by atoms with Gasteiger partial charge in [-0.1, -0.05) is 25.1 Å². The number of hydrogen-bond acceptors (Lipinski definition) is 4. The molecule has 1 aromatic carbocycles. The summed E-state index contributed by atoms with van der Waals surface area (Å²) in [5, 5.41) is 2.83. The van der Waals surface area contributed by atoms with Crippen LogP contribution in [0.25, 0.3) is 0 Å². The van der Waals surface area contributed by atoms with Gasteiger partial charge in [-0.3, -0.25) is 4.79 Å². The standard InChI is InChI=1S/C11H16N2O3S/c1-2-8-12-9-11(14)13-17(15,16)10-6-4-3-5-7-10/h3-7,12H,2,8-9H2,1H3,(H,13,14). The van der Waals surface area contributed by atoms with E-state index < -0.39 is 15.9 Å². The maximum atomic E-state index is 11.7. The fourth-order valence-corrected chi connectivity index (χ4v) is 2.23. The normalized spacial score (nSPS) is 11.1. The molecule has 1 aromatic rings. The summed E-state index contributed by atoms with van der Waals surface area (Å²) in [7, 11) is -3.74. The largest absolute Gasteiger partial charge is 0.308 e. The first-order valence-corrected chi connectivity index (χ1v) is 6.86. The number of benzene rings is 1. The first-order chi connectivity index (χ1) is 8.06. The third kappa shape index (κ3) is 4.54. The van der Waals surface area contributed by atoms with Crippen LogP contribution >= 0.6 is 0 Å². The van der Waals surface area contributed by atoms with E-state index in [1.54, 1.807) is 18.2 Å². The molecular formula is C11H16N2O3S. The van der Waals surface area contributed by atoms with Gasteiger partial charge in [0.1, 0.15) is 0 Å². The topological polar surface area (TPSA) is 75.3 Å². The first-order valence-electron chi connectivity index (χ1n) is 5.37. The summed E-state index contributed by atoms with van der Waals surface area (Å²) in [6.07, 6.45) is 0.888. The van der Waals surface area contributed by atoms with E-state index in [9.17, 15) is 13.2 Å². The third-order valence-corrected chi connectivity index (χ3v) is 3.40. The van der Waals surface area contributed by atoms with Crippen LogP contribution in [0.2, 0.25) is 0 Å². The quantitative estimate of drug-likeness (QED) is 0.726. The van der Waals surface area contributed by atoms with Crippen molar-refractivity contribution in [3.8, 4) is 0 Å². The van der Waals surface area contributed by atoms with Crippen molar-refractivity contribution < 1.29 is 13.2 Å². The van der Waals surface area contributed by atoms with Crippen LogP contribution in [0.3, 0.4) is 0 Å². The van der Waals surface area contributed by atoms with E-state index in [1.807, 2.05) is 11.6 Å². The van der Waals surface area contributed by atoms with E-state index in [2.05, 4.69) is 5.32 Å². The highest BCUT2D eigenvalue weighted by molar-refractivity contribution is 7.90. The zero-order valence-corrected chi connectivity index (χ0v) is 10.5. The van der Waals surface area contributed by atoms with Crippen molar-refractivity contribution in [2.75, 3.05) is 13.1 Å². The van der Waals surface area contributed by atoms with Crippen LogP contribution in [0, 0.1) is 0 Å². The van der Waals surface area contributed by atoms with Gasteiger partial charge in [-0.05, 0) is 25.1 Å². The maximum absolute atomic E-state index is 11.7. The lowest BCUT2D eigenvalue weighted by molar-refractivity contribution is -0.118. The van der Waals surface area contributed by atoms with Gasteiger partial charge in [-0.25, -0.2) is 13.1 Å². The molecule has 0 unspecified atom stereocenters. The molecule has 0 bridgehead atoms. The SMILES string of the molecule is CCCNCC(=O)NS(=O)(=O)c1ccccc1. The average Bonchev–Trinajstić information content (AvgIpc) is 2.30. The Hall–Kier alpha value is -1.40. The number of sulfonamides is 1. The molecule has 0 aromatic heterocycles. The minimum atomic E-state index is -3.74. The van der Waals surface area contributed by atoms with Gasteiger partial charge < -0.3 is 5.32 Å². The Labute approximate surface area is 101 Å². The van der Waals surface area contributed by atoms with Crippen LogP contribution in [0.15, 0.2) is 35.2 Å². The molecule has 0 spiro atoms. The molecule has 6 heteroatoms. The van der Waals surface area contributed by atoms with Gasteiger partial charge in [0.05, 0.1) is 11.4 Å². The highest BCUT2D eigenvalue weighted by Crippen LogP contribution is 2.06. The molecule has 0 atom stereocenters. The zero-order valence-electron chi connectivity index (χ0n) is 9.64. The first kappa shape index (κ1) is 13.7. The van der Waals surface area contributed by atoms with Crippen LogP contribution in [0.1, 0.15) is 13.3 Å². The van der Waals surface area contributed by atoms with Crippen LogP contribution in [0.4, 0.5) is 0 Å². The van der Waals surface area contributed by atoms with Gasteiger partial charge in [0.2, 0.25) is 5.91 Å². The molecule has 0 saturated carbocycles. The second-order valence-electron chi connectivity index (χ2n) is 3.52. The van der Waals surface area contributed by atoms with Crippen LogP contribution < -0.4 is 10.0 Å². The third-order valence-electron chi connectivity index (χ3n) is 2.01. The lowest BCUT2D eigenvalue weighted by atomic mass is 10.4. The summed E-state index contributed by atoms with van der Waals surface area (Å²) in [6, 6.07) is 7.80. The monoisotopic (exact) mass is 256 g/mol. The van der Waals surface area contributed by atoms with Crippen molar-refractivity contribution >= 4 is 15.9 Å². The van der Waals surface area contributed by atoms with Crippen molar-refractivity contribution in [1.82, 2.24) is 10.0 Å². The Morgan fingerprint density at radius 3 is 2.47 bits per heavy atom. The van der Waals surface area contributed by atoms with Gasteiger partial charge in [-0.15, -0.1) is 0 Å². The van der Waals surface area contributed by atoms with Gasteiger partial charge in [0, 0.05) is 0 Å². The molecule has 1 rings (SSSR count). The van der Waals surface area contributed by atoms with Crippen LogP contribution in [0.5, 0.6) is 0 Å². The molecular weight excluding hydrogens is 240 g/mol. The molecule has 94 valence electrons. The predicted octanol–water partition coefficient (Wildman–Crippen LogP) is 0.491. The van der Waals surface area contributed by atoms with E-state index in [4.69, 9.17) is 0 Å². The number of carbonyl (C=O) groups is 1. The molecule has 0 aliphatic carbocycles. The average molecular weight is 256 g/mol. The molecule has 1 amide bonds. The van der Waals surface area contributed by atoms with Crippen molar-refractivity contribution in [3.63, 3.8) is 0 Å². The van der Waals surface area contributed by atoms with Crippen molar-refractivity contribution in [1.29, 1.82) is 0 Å². The Morgan fingerprint density at radius 1 is 1.24 bits per heavy atom. The minimum Gasteiger partial charge on any atom is -0.308 e. The molecule has 0 aliphatic heterocycles. The summed E-state index contributed by atoms with van der Waals surface area (Å²) in [5.74, 6) is -0.553. The molecule has 0 heterocycles. The lowest BCUT2D eigenvalue weighted by Crippen LogP contribution is -2.37. The van der Waals surface area contributed by atoms with Gasteiger partial charge in [0.15, 0.2) is 0 Å². The van der Waals surface area contributed by atoms with E-state index in [0.29, 0.717) is 6.54 Å². The van der Waals surface area contributed by atoms with Crippen molar-refractivity contribution in [3.05, 3.63) is 30.3 Å². The molecule has 2 N–H and O–H groups in total. The summed E-state index contributed by atoms with van der Waals surface area (Å²) in [4.78, 5) is 11.4. The molecule has 17 heavy (non-hydrogen) atoms. The molecule has 0 fully saturated rings. The smallest absolute Gasteiger partial charge is 0.264 e. The molecule has 0 saturated heterocycles. The highest BCUT2D eigenvalue weighted by Gasteiger charge is 2.16. The van der Waals surface area contributed by atoms with E-state index in [1.165, 1.54) is 12.1 Å². The van der Waals surface area contributed by atoms with E-state index in [0.717, 1.165) is 6.42 Å². The molecule has 0 aliphatic rings.